The van der Waals surface area contributed by atoms with Crippen LogP contribution in [0.2, 0.25) is 5.02 Å². The van der Waals surface area contributed by atoms with Crippen molar-refractivity contribution in [2.45, 2.75) is 51.5 Å². The number of aromatic amines is 1. The van der Waals surface area contributed by atoms with Crippen molar-refractivity contribution in [1.29, 1.82) is 0 Å². The molecule has 0 spiro atoms. The third-order valence-corrected chi connectivity index (χ3v) is 6.61. The predicted octanol–water partition coefficient (Wildman–Crippen LogP) is 4.66. The summed E-state index contributed by atoms with van der Waals surface area (Å²) in [4.78, 5) is 29.0. The fraction of sp³-hybridized carbons (Fsp3) is 0.391. The zero-order valence-electron chi connectivity index (χ0n) is 16.6. The van der Waals surface area contributed by atoms with Gasteiger partial charge in [-0.05, 0) is 80.2 Å². The van der Waals surface area contributed by atoms with Crippen LogP contribution in [0.3, 0.4) is 0 Å². The van der Waals surface area contributed by atoms with Gasteiger partial charge in [0, 0.05) is 23.5 Å². The minimum atomic E-state index is -0.161. The predicted molar refractivity (Wildman–Crippen MR) is 115 cm³/mol. The maximum Gasteiger partial charge on any atom is 0.273 e. The molecule has 3 aromatic rings. The zero-order valence-corrected chi connectivity index (χ0v) is 17.3. The number of halogens is 1. The van der Waals surface area contributed by atoms with Crippen molar-refractivity contribution in [1.82, 2.24) is 14.7 Å². The van der Waals surface area contributed by atoms with E-state index in [1.165, 1.54) is 12.8 Å². The highest BCUT2D eigenvalue weighted by molar-refractivity contribution is 6.31. The Kier molecular flexibility index (Phi) is 4.32. The van der Waals surface area contributed by atoms with Crippen LogP contribution in [0.4, 0.5) is 0 Å². The molecule has 0 radical (unpaired) electrons. The average molecular weight is 410 g/mol. The van der Waals surface area contributed by atoms with E-state index in [1.54, 1.807) is 0 Å². The van der Waals surface area contributed by atoms with Crippen molar-refractivity contribution in [3.63, 3.8) is 0 Å². The summed E-state index contributed by atoms with van der Waals surface area (Å²) in [6.07, 6.45) is 8.12. The number of benzene rings is 1. The Morgan fingerprint density at radius 2 is 2.00 bits per heavy atom. The van der Waals surface area contributed by atoms with Crippen LogP contribution < -0.4 is 10.9 Å². The summed E-state index contributed by atoms with van der Waals surface area (Å²) in [6.45, 7) is 4.00. The van der Waals surface area contributed by atoms with Crippen molar-refractivity contribution in [3.05, 3.63) is 62.7 Å². The average Bonchev–Trinajstić information content (AvgIpc) is 3.60. The van der Waals surface area contributed by atoms with E-state index in [2.05, 4.69) is 17.2 Å². The highest BCUT2D eigenvalue weighted by atomic mass is 35.5. The number of hydrogen-bond donors (Lipinski definition) is 2. The number of amides is 1. The smallest absolute Gasteiger partial charge is 0.273 e. The Bertz CT molecular complexity index is 1180. The van der Waals surface area contributed by atoms with Gasteiger partial charge >= 0.3 is 0 Å². The third-order valence-electron chi connectivity index (χ3n) is 6.19. The van der Waals surface area contributed by atoms with Crippen LogP contribution >= 0.6 is 11.6 Å². The second kappa shape index (κ2) is 6.77. The van der Waals surface area contributed by atoms with Gasteiger partial charge in [-0.1, -0.05) is 17.7 Å². The molecule has 1 atom stereocenters. The molecule has 1 amide bonds. The van der Waals surface area contributed by atoms with Gasteiger partial charge in [-0.2, -0.15) is 0 Å². The monoisotopic (exact) mass is 409 g/mol. The van der Waals surface area contributed by atoms with E-state index < -0.39 is 0 Å². The SMILES string of the molecule is Cc1cc(-c2cn3cc(C(=O)N[C@@H](C)C4CC4)c(C4CC4)c3c(=O)[nH]2)ccc1Cl. The quantitative estimate of drug-likeness (QED) is 0.643. The molecule has 6 heteroatoms. The summed E-state index contributed by atoms with van der Waals surface area (Å²) in [6, 6.07) is 5.85. The number of aromatic nitrogens is 2. The Morgan fingerprint density at radius 1 is 1.24 bits per heavy atom. The molecule has 0 saturated heterocycles. The van der Waals surface area contributed by atoms with Gasteiger partial charge < -0.3 is 14.7 Å². The first-order chi connectivity index (χ1) is 13.9. The molecular weight excluding hydrogens is 386 g/mol. The number of nitrogens with zero attached hydrogens (tertiary/aromatic N) is 1. The highest BCUT2D eigenvalue weighted by Gasteiger charge is 2.34. The van der Waals surface area contributed by atoms with Gasteiger partial charge in [0.1, 0.15) is 5.52 Å². The number of nitrogens with one attached hydrogen (secondary N) is 2. The van der Waals surface area contributed by atoms with Gasteiger partial charge in [0.25, 0.3) is 11.5 Å². The van der Waals surface area contributed by atoms with Gasteiger partial charge in [0.05, 0.1) is 11.3 Å². The number of carbonyl (C=O) groups excluding carboxylic acids is 1. The molecule has 2 saturated carbocycles. The molecule has 2 aliphatic carbocycles. The first kappa shape index (κ1) is 18.5. The lowest BCUT2D eigenvalue weighted by Crippen LogP contribution is -2.34. The normalized spacial score (nSPS) is 17.5. The second-order valence-electron chi connectivity index (χ2n) is 8.55. The molecule has 150 valence electrons. The molecule has 5 rings (SSSR count). The Morgan fingerprint density at radius 3 is 2.66 bits per heavy atom. The first-order valence-corrected chi connectivity index (χ1v) is 10.7. The third kappa shape index (κ3) is 3.38. The minimum absolute atomic E-state index is 0.0710. The van der Waals surface area contributed by atoms with E-state index in [9.17, 15) is 9.59 Å². The summed E-state index contributed by atoms with van der Waals surface area (Å²) in [5.41, 5.74) is 4.50. The molecule has 1 aromatic carbocycles. The van der Waals surface area contributed by atoms with Gasteiger partial charge in [-0.3, -0.25) is 9.59 Å². The largest absolute Gasteiger partial charge is 0.349 e. The van der Waals surface area contributed by atoms with E-state index in [0.717, 1.165) is 29.5 Å². The standard InChI is InChI=1S/C23H24ClN3O2/c1-12-9-16(7-8-18(12)24)19-11-27-10-17(22(28)25-13(2)14-3-4-14)20(15-5-6-15)21(27)23(29)26-19/h7-11,13-15H,3-6H2,1-2H3,(H,25,28)(H,26,29)/t13-/m0/s1. The molecule has 2 N–H and O–H groups in total. The number of fused-ring (bicyclic) bond motifs is 1. The van der Waals surface area contributed by atoms with Gasteiger partial charge in [-0.15, -0.1) is 0 Å². The lowest BCUT2D eigenvalue weighted by molar-refractivity contribution is 0.0935. The number of rotatable bonds is 5. The second-order valence-corrected chi connectivity index (χ2v) is 8.95. The molecule has 0 unspecified atom stereocenters. The van der Waals surface area contributed by atoms with Crippen molar-refractivity contribution in [3.8, 4) is 11.3 Å². The van der Waals surface area contributed by atoms with Gasteiger partial charge in [0.15, 0.2) is 0 Å². The van der Waals surface area contributed by atoms with Crippen molar-refractivity contribution in [2.75, 3.05) is 0 Å². The summed E-state index contributed by atoms with van der Waals surface area (Å²) in [5.74, 6) is 0.809. The lowest BCUT2D eigenvalue weighted by atomic mass is 10.1. The lowest BCUT2D eigenvalue weighted by Gasteiger charge is -2.12. The van der Waals surface area contributed by atoms with Crippen LogP contribution in [0.5, 0.6) is 0 Å². The Labute approximate surface area is 174 Å². The number of hydrogen-bond acceptors (Lipinski definition) is 2. The molecule has 29 heavy (non-hydrogen) atoms. The Balaban J connectivity index is 1.60. The molecule has 0 bridgehead atoms. The maximum atomic E-state index is 13.0. The van der Waals surface area contributed by atoms with E-state index in [4.69, 9.17) is 11.6 Å². The first-order valence-electron chi connectivity index (χ1n) is 10.3. The van der Waals surface area contributed by atoms with Crippen LogP contribution in [0.1, 0.15) is 60.0 Å². The number of H-pyrrole nitrogens is 1. The Hall–Kier alpha value is -2.53. The molecule has 2 fully saturated rings. The van der Waals surface area contributed by atoms with Crippen molar-refractivity contribution >= 4 is 23.0 Å². The topological polar surface area (TPSA) is 66.4 Å². The number of aryl methyl sites for hydroxylation is 1. The maximum absolute atomic E-state index is 13.0. The number of carbonyl (C=O) groups is 1. The molecule has 5 nitrogen and oxygen atoms in total. The molecule has 0 aliphatic heterocycles. The zero-order chi connectivity index (χ0) is 20.3. The minimum Gasteiger partial charge on any atom is -0.349 e. The van der Waals surface area contributed by atoms with E-state index in [-0.39, 0.29) is 17.5 Å². The summed E-state index contributed by atoms with van der Waals surface area (Å²) >= 11 is 6.14. The van der Waals surface area contributed by atoms with Crippen LogP contribution in [0, 0.1) is 12.8 Å². The highest BCUT2D eigenvalue weighted by Crippen LogP contribution is 2.44. The molecule has 2 aliphatic rings. The van der Waals surface area contributed by atoms with Crippen LogP contribution in [0.15, 0.2) is 35.4 Å². The fourth-order valence-electron chi connectivity index (χ4n) is 4.16. The van der Waals surface area contributed by atoms with E-state index in [1.807, 2.05) is 41.9 Å². The fourth-order valence-corrected chi connectivity index (χ4v) is 4.28. The van der Waals surface area contributed by atoms with E-state index in [0.29, 0.717) is 33.6 Å². The van der Waals surface area contributed by atoms with Gasteiger partial charge in [0.2, 0.25) is 0 Å². The summed E-state index contributed by atoms with van der Waals surface area (Å²) < 4.78 is 1.82. The summed E-state index contributed by atoms with van der Waals surface area (Å²) in [7, 11) is 0. The van der Waals surface area contributed by atoms with Crippen LogP contribution in [0.25, 0.3) is 16.8 Å². The molecule has 2 aromatic heterocycles. The van der Waals surface area contributed by atoms with Gasteiger partial charge in [-0.25, -0.2) is 0 Å². The van der Waals surface area contributed by atoms with E-state index >= 15 is 0 Å². The summed E-state index contributed by atoms with van der Waals surface area (Å²) in [5, 5.41) is 3.83. The van der Waals surface area contributed by atoms with Crippen molar-refractivity contribution in [2.24, 2.45) is 5.92 Å². The van der Waals surface area contributed by atoms with Crippen molar-refractivity contribution < 1.29 is 4.79 Å². The molecular formula is C23H24ClN3O2. The van der Waals surface area contributed by atoms with Crippen LogP contribution in [-0.4, -0.2) is 21.3 Å². The van der Waals surface area contributed by atoms with Crippen LogP contribution in [-0.2, 0) is 0 Å². The molecule has 2 heterocycles.